The van der Waals surface area contributed by atoms with Crippen molar-refractivity contribution < 1.29 is 14.8 Å². The molecule has 0 saturated heterocycles. The van der Waals surface area contributed by atoms with Gasteiger partial charge < -0.3 is 0 Å². The lowest BCUT2D eigenvalue weighted by Crippen LogP contribution is -2.16. The lowest BCUT2D eigenvalue weighted by Gasteiger charge is -1.99. The zero-order chi connectivity index (χ0) is 12.7. The zero-order valence-electron chi connectivity index (χ0n) is 8.58. The molecule has 0 bridgehead atoms. The van der Waals surface area contributed by atoms with Crippen molar-refractivity contribution in [1.82, 2.24) is 10.9 Å². The summed E-state index contributed by atoms with van der Waals surface area (Å²) < 4.78 is 0. The average molecular weight is 235 g/mol. The maximum absolute atomic E-state index is 11.2. The molecule has 0 spiro atoms. The topological polar surface area (TPSA) is 108 Å². The molecular weight excluding hydrogens is 226 g/mol. The van der Waals surface area contributed by atoms with Gasteiger partial charge in [-0.1, -0.05) is 12.1 Å². The van der Waals surface area contributed by atoms with Gasteiger partial charge in [0.05, 0.1) is 5.29 Å². The zero-order valence-corrected chi connectivity index (χ0v) is 8.58. The van der Waals surface area contributed by atoms with Gasteiger partial charge in [0.15, 0.2) is 0 Å². The van der Waals surface area contributed by atoms with E-state index < -0.39 is 11.8 Å². The molecule has 1 rings (SSSR count). The lowest BCUT2D eigenvalue weighted by atomic mass is 10.1. The van der Waals surface area contributed by atoms with Crippen molar-refractivity contribution in [2.45, 2.75) is 0 Å². The Morgan fingerprint density at radius 2 is 2.12 bits per heavy atom. The largest absolute Gasteiger partial charge is 0.288 e. The van der Waals surface area contributed by atoms with Gasteiger partial charge >= 0.3 is 0 Å². The Balaban J connectivity index is 2.86. The molecule has 0 aliphatic rings. The summed E-state index contributed by atoms with van der Waals surface area (Å²) in [7, 11) is 0. The van der Waals surface area contributed by atoms with Crippen LogP contribution >= 0.6 is 0 Å². The van der Waals surface area contributed by atoms with Gasteiger partial charge in [-0.05, 0) is 23.8 Å². The Labute approximate surface area is 96.0 Å². The van der Waals surface area contributed by atoms with E-state index >= 15 is 0 Å². The van der Waals surface area contributed by atoms with Crippen LogP contribution in [0.5, 0.6) is 0 Å². The second-order valence-electron chi connectivity index (χ2n) is 2.97. The molecule has 0 aliphatic carbocycles. The maximum atomic E-state index is 11.2. The second-order valence-corrected chi connectivity index (χ2v) is 2.97. The van der Waals surface area contributed by atoms with Gasteiger partial charge in [0.2, 0.25) is 0 Å². The van der Waals surface area contributed by atoms with E-state index in [2.05, 4.69) is 5.29 Å². The lowest BCUT2D eigenvalue weighted by molar-refractivity contribution is -0.124. The van der Waals surface area contributed by atoms with Crippen molar-refractivity contribution in [1.29, 1.82) is 0 Å². The number of benzene rings is 1. The number of carbonyl (C=O) groups excluding carboxylic acids is 2. The van der Waals surface area contributed by atoms with Crippen LogP contribution in [0.3, 0.4) is 0 Å². The smallest absolute Gasteiger partial charge is 0.273 e. The number of amides is 2. The molecule has 17 heavy (non-hydrogen) atoms. The van der Waals surface area contributed by atoms with E-state index in [1.54, 1.807) is 17.6 Å². The fourth-order valence-electron chi connectivity index (χ4n) is 1.10. The minimum atomic E-state index is -0.686. The fraction of sp³-hybridized carbons (Fsp3) is 0. The normalized spacial score (nSPS) is 9.94. The van der Waals surface area contributed by atoms with Gasteiger partial charge in [-0.15, -0.1) is 4.91 Å². The fourth-order valence-corrected chi connectivity index (χ4v) is 1.10. The third-order valence-electron chi connectivity index (χ3n) is 1.83. The first kappa shape index (κ1) is 12.5. The van der Waals surface area contributed by atoms with Crippen LogP contribution in [0.15, 0.2) is 35.6 Å². The van der Waals surface area contributed by atoms with E-state index in [1.807, 2.05) is 0 Å². The van der Waals surface area contributed by atoms with E-state index in [4.69, 9.17) is 5.21 Å². The van der Waals surface area contributed by atoms with Gasteiger partial charge in [0.25, 0.3) is 11.8 Å². The summed E-state index contributed by atoms with van der Waals surface area (Å²) in [5, 5.41) is 10.5. The Hall–Kier alpha value is -2.54. The molecule has 0 saturated carbocycles. The molecule has 0 fully saturated rings. The Bertz CT molecular complexity index is 470. The standard InChI is InChI=1S/C10H9N3O4/c14-9(12-16)5-4-7-2-1-3-8(6-7)10(15)11-13-17/h1-6,16H,(H,12,14)(H,11,15,17)/b5-4+. The molecule has 3 N–H and O–H groups in total. The number of nitroso groups, excluding NO2 is 1. The SMILES string of the molecule is O=NNC(=O)c1cccc(/C=C/C(=O)NO)c1. The molecule has 0 aliphatic heterocycles. The van der Waals surface area contributed by atoms with E-state index in [1.165, 1.54) is 23.7 Å². The molecule has 0 heterocycles. The van der Waals surface area contributed by atoms with Crippen molar-refractivity contribution in [3.63, 3.8) is 0 Å². The van der Waals surface area contributed by atoms with Crippen molar-refractivity contribution in [2.24, 2.45) is 5.29 Å². The number of carbonyl (C=O) groups is 2. The molecule has 0 unspecified atom stereocenters. The van der Waals surface area contributed by atoms with Crippen molar-refractivity contribution in [3.05, 3.63) is 46.4 Å². The van der Waals surface area contributed by atoms with E-state index in [0.717, 1.165) is 6.08 Å². The van der Waals surface area contributed by atoms with Gasteiger partial charge in [-0.2, -0.15) is 0 Å². The average Bonchev–Trinajstić information content (AvgIpc) is 2.36. The van der Waals surface area contributed by atoms with Gasteiger partial charge in [-0.25, -0.2) is 10.9 Å². The van der Waals surface area contributed by atoms with E-state index in [9.17, 15) is 14.5 Å². The minimum Gasteiger partial charge on any atom is -0.288 e. The molecule has 1 aromatic carbocycles. The minimum absolute atomic E-state index is 0.233. The highest BCUT2D eigenvalue weighted by Gasteiger charge is 2.04. The summed E-state index contributed by atoms with van der Waals surface area (Å²) in [4.78, 5) is 31.8. The van der Waals surface area contributed by atoms with Crippen LogP contribution in [0.1, 0.15) is 15.9 Å². The predicted molar refractivity (Wildman–Crippen MR) is 58.7 cm³/mol. The van der Waals surface area contributed by atoms with Gasteiger partial charge in [0, 0.05) is 11.6 Å². The first-order valence-electron chi connectivity index (χ1n) is 4.52. The molecule has 88 valence electrons. The predicted octanol–water partition coefficient (Wildman–Crippen LogP) is 0.616. The molecule has 0 radical (unpaired) electrons. The van der Waals surface area contributed by atoms with Crippen molar-refractivity contribution >= 4 is 17.9 Å². The monoisotopic (exact) mass is 235 g/mol. The first-order valence-corrected chi connectivity index (χ1v) is 4.52. The van der Waals surface area contributed by atoms with Crippen LogP contribution in [-0.2, 0) is 4.79 Å². The molecule has 7 heteroatoms. The molecule has 7 nitrogen and oxygen atoms in total. The van der Waals surface area contributed by atoms with Crippen LogP contribution in [0, 0.1) is 4.91 Å². The molecule has 2 amide bonds. The van der Waals surface area contributed by atoms with Crippen LogP contribution in [0.2, 0.25) is 0 Å². The highest BCUT2D eigenvalue weighted by Crippen LogP contribution is 2.07. The summed E-state index contributed by atoms with van der Waals surface area (Å²) in [6, 6.07) is 6.17. The van der Waals surface area contributed by atoms with Crippen LogP contribution in [-0.4, -0.2) is 17.0 Å². The van der Waals surface area contributed by atoms with Crippen LogP contribution in [0.25, 0.3) is 6.08 Å². The van der Waals surface area contributed by atoms with Crippen molar-refractivity contribution in [3.8, 4) is 0 Å². The molecule has 1 aromatic rings. The number of rotatable bonds is 4. The van der Waals surface area contributed by atoms with Crippen molar-refractivity contribution in [2.75, 3.05) is 0 Å². The Morgan fingerprint density at radius 1 is 1.35 bits per heavy atom. The highest BCUT2D eigenvalue weighted by atomic mass is 16.5. The molecule has 0 aromatic heterocycles. The number of nitrogens with zero attached hydrogens (tertiary/aromatic N) is 1. The summed E-state index contributed by atoms with van der Waals surface area (Å²) in [5.74, 6) is -1.32. The number of hydroxylamine groups is 1. The quantitative estimate of drug-likeness (QED) is 0.307. The van der Waals surface area contributed by atoms with Gasteiger partial charge in [-0.3, -0.25) is 14.8 Å². The Kier molecular flexibility index (Phi) is 4.52. The third kappa shape index (κ3) is 3.84. The summed E-state index contributed by atoms with van der Waals surface area (Å²) >= 11 is 0. The van der Waals surface area contributed by atoms with E-state index in [0.29, 0.717) is 5.56 Å². The third-order valence-corrected chi connectivity index (χ3v) is 1.83. The summed E-state index contributed by atoms with van der Waals surface area (Å²) in [5.41, 5.74) is 3.98. The maximum Gasteiger partial charge on any atom is 0.273 e. The highest BCUT2D eigenvalue weighted by molar-refractivity contribution is 5.95. The van der Waals surface area contributed by atoms with Crippen LogP contribution < -0.4 is 10.9 Å². The summed E-state index contributed by atoms with van der Waals surface area (Å²) in [6.07, 6.45) is 2.49. The first-order chi connectivity index (χ1) is 8.17. The summed E-state index contributed by atoms with van der Waals surface area (Å²) in [6.45, 7) is 0. The number of hydrogen-bond acceptors (Lipinski definition) is 5. The van der Waals surface area contributed by atoms with E-state index in [-0.39, 0.29) is 5.56 Å². The van der Waals surface area contributed by atoms with Gasteiger partial charge in [0.1, 0.15) is 0 Å². The second kappa shape index (κ2) is 6.13. The number of nitrogens with one attached hydrogen (secondary N) is 2. The molecular formula is C10H9N3O4. The number of hydrogen-bond donors (Lipinski definition) is 3. The Morgan fingerprint density at radius 3 is 2.76 bits per heavy atom. The van der Waals surface area contributed by atoms with Crippen LogP contribution in [0.4, 0.5) is 0 Å². The molecule has 0 atom stereocenters.